The van der Waals surface area contributed by atoms with Gasteiger partial charge in [0.1, 0.15) is 5.01 Å². The Morgan fingerprint density at radius 2 is 2.19 bits per heavy atom. The number of nitrogens with zero attached hydrogens (tertiary/aromatic N) is 1. The summed E-state index contributed by atoms with van der Waals surface area (Å²) in [6.45, 7) is 5.40. The molecule has 1 aromatic heterocycles. The molecular weight excluding hydrogens is 216 g/mol. The van der Waals surface area contributed by atoms with Crippen molar-refractivity contribution >= 4 is 11.3 Å². The summed E-state index contributed by atoms with van der Waals surface area (Å²) < 4.78 is 0. The van der Waals surface area contributed by atoms with Crippen LogP contribution in [-0.2, 0) is 6.54 Å². The van der Waals surface area contributed by atoms with Gasteiger partial charge in [-0.15, -0.1) is 11.3 Å². The summed E-state index contributed by atoms with van der Waals surface area (Å²) >= 11 is 1.77. The molecule has 0 spiro atoms. The minimum absolute atomic E-state index is 0.701. The average molecular weight is 238 g/mol. The first-order chi connectivity index (χ1) is 7.75. The van der Waals surface area contributed by atoms with Crippen LogP contribution in [0.5, 0.6) is 0 Å². The van der Waals surface area contributed by atoms with Gasteiger partial charge in [0.2, 0.25) is 0 Å². The second kappa shape index (κ2) is 5.78. The number of nitrogens with one attached hydrogen (secondary N) is 1. The third-order valence-corrected chi connectivity index (χ3v) is 4.51. The maximum atomic E-state index is 4.50. The Morgan fingerprint density at radius 1 is 1.38 bits per heavy atom. The summed E-state index contributed by atoms with van der Waals surface area (Å²) in [5.41, 5.74) is 1.15. The fourth-order valence-corrected chi connectivity index (χ4v) is 3.22. The van der Waals surface area contributed by atoms with Crippen molar-refractivity contribution in [3.05, 3.63) is 16.1 Å². The number of aromatic nitrogens is 1. The monoisotopic (exact) mass is 238 g/mol. The van der Waals surface area contributed by atoms with E-state index in [1.165, 1.54) is 37.1 Å². The van der Waals surface area contributed by atoms with Gasteiger partial charge in [-0.05, 0) is 25.7 Å². The van der Waals surface area contributed by atoms with Crippen LogP contribution in [0, 0.1) is 12.8 Å². The smallest absolute Gasteiger partial charge is 0.107 e. The highest BCUT2D eigenvalue weighted by atomic mass is 32.1. The Bertz CT molecular complexity index is 321. The van der Waals surface area contributed by atoms with E-state index in [1.807, 2.05) is 0 Å². The van der Waals surface area contributed by atoms with Gasteiger partial charge in [-0.3, -0.25) is 0 Å². The Hall–Kier alpha value is -0.410. The van der Waals surface area contributed by atoms with Crippen LogP contribution in [0.4, 0.5) is 0 Å². The van der Waals surface area contributed by atoms with Gasteiger partial charge in [0, 0.05) is 23.7 Å². The molecule has 2 atom stereocenters. The van der Waals surface area contributed by atoms with Crippen LogP contribution < -0.4 is 5.32 Å². The molecule has 0 radical (unpaired) electrons. The van der Waals surface area contributed by atoms with Crippen LogP contribution in [0.3, 0.4) is 0 Å². The second-order valence-corrected chi connectivity index (χ2v) is 5.93. The Morgan fingerprint density at radius 3 is 2.94 bits per heavy atom. The van der Waals surface area contributed by atoms with Gasteiger partial charge in [0.15, 0.2) is 0 Å². The van der Waals surface area contributed by atoms with Crippen molar-refractivity contribution in [2.75, 3.05) is 0 Å². The van der Waals surface area contributed by atoms with Crippen molar-refractivity contribution in [3.63, 3.8) is 0 Å². The topological polar surface area (TPSA) is 24.9 Å². The predicted molar refractivity (Wildman–Crippen MR) is 69.7 cm³/mol. The van der Waals surface area contributed by atoms with E-state index >= 15 is 0 Å². The molecule has 1 aromatic rings. The van der Waals surface area contributed by atoms with E-state index in [-0.39, 0.29) is 0 Å². The molecule has 1 N–H and O–H groups in total. The standard InChI is InChI=1S/C13H22N2S/c1-10-6-4-3-5-7-12(10)14-8-13-15-11(2)9-16-13/h9-10,12,14H,3-8H2,1-2H3. The number of thiazole rings is 1. The summed E-state index contributed by atoms with van der Waals surface area (Å²) in [5, 5.41) is 7.05. The number of aryl methyl sites for hydroxylation is 1. The maximum absolute atomic E-state index is 4.50. The van der Waals surface area contributed by atoms with E-state index in [9.17, 15) is 0 Å². The van der Waals surface area contributed by atoms with Crippen molar-refractivity contribution < 1.29 is 0 Å². The van der Waals surface area contributed by atoms with E-state index < -0.39 is 0 Å². The van der Waals surface area contributed by atoms with Crippen LogP contribution in [0.15, 0.2) is 5.38 Å². The van der Waals surface area contributed by atoms with Gasteiger partial charge in [-0.1, -0.05) is 26.2 Å². The Balaban J connectivity index is 1.83. The van der Waals surface area contributed by atoms with E-state index in [1.54, 1.807) is 11.3 Å². The largest absolute Gasteiger partial charge is 0.307 e. The van der Waals surface area contributed by atoms with E-state index in [2.05, 4.69) is 29.5 Å². The average Bonchev–Trinajstić information content (AvgIpc) is 2.56. The van der Waals surface area contributed by atoms with Gasteiger partial charge in [0.25, 0.3) is 0 Å². The van der Waals surface area contributed by atoms with Crippen molar-refractivity contribution in [1.82, 2.24) is 10.3 Å². The van der Waals surface area contributed by atoms with Gasteiger partial charge in [0.05, 0.1) is 0 Å². The van der Waals surface area contributed by atoms with Crippen LogP contribution in [0.1, 0.15) is 49.7 Å². The number of hydrogen-bond acceptors (Lipinski definition) is 3. The van der Waals surface area contributed by atoms with Crippen LogP contribution in [-0.4, -0.2) is 11.0 Å². The molecule has 90 valence electrons. The molecule has 1 aliphatic carbocycles. The molecule has 0 bridgehead atoms. The first-order valence-corrected chi connectivity index (χ1v) is 7.28. The van der Waals surface area contributed by atoms with Gasteiger partial charge >= 0.3 is 0 Å². The summed E-state index contributed by atoms with van der Waals surface area (Å²) in [6.07, 6.45) is 6.94. The van der Waals surface area contributed by atoms with Crippen molar-refractivity contribution in [1.29, 1.82) is 0 Å². The molecular formula is C13H22N2S. The fraction of sp³-hybridized carbons (Fsp3) is 0.769. The van der Waals surface area contributed by atoms with E-state index in [0.29, 0.717) is 6.04 Å². The third-order valence-electron chi connectivity index (χ3n) is 3.54. The molecule has 0 amide bonds. The second-order valence-electron chi connectivity index (χ2n) is 4.99. The number of hydrogen-bond donors (Lipinski definition) is 1. The SMILES string of the molecule is Cc1csc(CNC2CCCCCC2C)n1. The molecule has 2 unspecified atom stereocenters. The highest BCUT2D eigenvalue weighted by Crippen LogP contribution is 2.23. The lowest BCUT2D eigenvalue weighted by atomic mass is 9.97. The molecule has 2 rings (SSSR count). The lowest BCUT2D eigenvalue weighted by molar-refractivity contribution is 0.356. The summed E-state index contributed by atoms with van der Waals surface area (Å²) in [4.78, 5) is 4.50. The molecule has 0 aromatic carbocycles. The highest BCUT2D eigenvalue weighted by Gasteiger charge is 2.19. The molecule has 1 heterocycles. The lowest BCUT2D eigenvalue weighted by Gasteiger charge is -2.22. The fourth-order valence-electron chi connectivity index (χ4n) is 2.50. The molecule has 1 saturated carbocycles. The molecule has 0 saturated heterocycles. The van der Waals surface area contributed by atoms with E-state index in [0.717, 1.165) is 18.2 Å². The minimum atomic E-state index is 0.701. The molecule has 16 heavy (non-hydrogen) atoms. The lowest BCUT2D eigenvalue weighted by Crippen LogP contribution is -2.33. The van der Waals surface area contributed by atoms with Gasteiger partial charge in [-0.2, -0.15) is 0 Å². The zero-order valence-electron chi connectivity index (χ0n) is 10.3. The first-order valence-electron chi connectivity index (χ1n) is 6.40. The summed E-state index contributed by atoms with van der Waals surface area (Å²) in [7, 11) is 0. The van der Waals surface area contributed by atoms with Crippen LogP contribution in [0.2, 0.25) is 0 Å². The van der Waals surface area contributed by atoms with Crippen molar-refractivity contribution in [2.45, 2.75) is 58.5 Å². The Labute approximate surface area is 102 Å². The zero-order valence-corrected chi connectivity index (χ0v) is 11.1. The number of rotatable bonds is 3. The normalized spacial score (nSPS) is 26.6. The molecule has 1 aliphatic rings. The predicted octanol–water partition coefficient (Wildman–Crippen LogP) is 3.51. The molecule has 1 fully saturated rings. The van der Waals surface area contributed by atoms with Gasteiger partial charge < -0.3 is 5.32 Å². The summed E-state index contributed by atoms with van der Waals surface area (Å²) in [6, 6.07) is 0.701. The molecule has 2 nitrogen and oxygen atoms in total. The molecule has 0 aliphatic heterocycles. The highest BCUT2D eigenvalue weighted by molar-refractivity contribution is 7.09. The first kappa shape index (κ1) is 12.1. The van der Waals surface area contributed by atoms with E-state index in [4.69, 9.17) is 0 Å². The zero-order chi connectivity index (χ0) is 11.4. The quantitative estimate of drug-likeness (QED) is 0.815. The maximum Gasteiger partial charge on any atom is 0.107 e. The minimum Gasteiger partial charge on any atom is -0.307 e. The summed E-state index contributed by atoms with van der Waals surface area (Å²) in [5.74, 6) is 0.823. The molecule has 3 heteroatoms. The Kier molecular flexibility index (Phi) is 4.36. The van der Waals surface area contributed by atoms with Crippen molar-refractivity contribution in [3.8, 4) is 0 Å². The van der Waals surface area contributed by atoms with Crippen molar-refractivity contribution in [2.24, 2.45) is 5.92 Å². The van der Waals surface area contributed by atoms with Crippen LogP contribution in [0.25, 0.3) is 0 Å². The third kappa shape index (κ3) is 3.29. The van der Waals surface area contributed by atoms with Gasteiger partial charge in [-0.25, -0.2) is 4.98 Å². The van der Waals surface area contributed by atoms with Crippen LogP contribution >= 0.6 is 11.3 Å².